The number of carbonyl (C=O) groups excluding carboxylic acids is 1. The van der Waals surface area contributed by atoms with Gasteiger partial charge >= 0.3 is 0 Å². The van der Waals surface area contributed by atoms with Crippen LogP contribution in [0.25, 0.3) is 0 Å². The van der Waals surface area contributed by atoms with E-state index in [4.69, 9.17) is 0 Å². The summed E-state index contributed by atoms with van der Waals surface area (Å²) in [5, 5.41) is 24.4. The van der Waals surface area contributed by atoms with Gasteiger partial charge in [0, 0.05) is 38.0 Å². The van der Waals surface area contributed by atoms with Crippen molar-refractivity contribution in [3.8, 4) is 0 Å². The summed E-state index contributed by atoms with van der Waals surface area (Å²) in [5.74, 6) is -0.584. The topological polar surface area (TPSA) is 119 Å². The van der Waals surface area contributed by atoms with Crippen LogP contribution >= 0.6 is 0 Å². The first-order valence-corrected chi connectivity index (χ1v) is 7.86. The van der Waals surface area contributed by atoms with Gasteiger partial charge in [-0.1, -0.05) is 18.2 Å². The molecule has 0 spiro atoms. The molecule has 0 aliphatic carbocycles. The number of non-ortho nitro benzene ring substituents is 2. The van der Waals surface area contributed by atoms with Gasteiger partial charge in [-0.3, -0.25) is 25.0 Å². The lowest BCUT2D eigenvalue weighted by Crippen LogP contribution is -2.28. The van der Waals surface area contributed by atoms with Crippen LogP contribution in [0.3, 0.4) is 0 Å². The number of carbonyl (C=O) groups is 1. The Morgan fingerprint density at radius 3 is 2.15 bits per heavy atom. The average molecular weight is 358 g/mol. The van der Waals surface area contributed by atoms with E-state index < -0.39 is 27.1 Å². The Hall–Kier alpha value is -3.49. The first kappa shape index (κ1) is 18.8. The maximum atomic E-state index is 12.1. The second-order valence-corrected chi connectivity index (χ2v) is 5.62. The van der Waals surface area contributed by atoms with Crippen LogP contribution in [-0.4, -0.2) is 35.9 Å². The fraction of sp³-hybridized carbons (Fsp3) is 0.235. The lowest BCUT2D eigenvalue weighted by Gasteiger charge is -2.19. The number of hydrogen-bond donors (Lipinski definition) is 1. The highest BCUT2D eigenvalue weighted by Gasteiger charge is 2.19. The molecule has 1 N–H and O–H groups in total. The van der Waals surface area contributed by atoms with E-state index in [-0.39, 0.29) is 5.56 Å². The second-order valence-electron chi connectivity index (χ2n) is 5.62. The van der Waals surface area contributed by atoms with E-state index in [0.717, 1.165) is 23.9 Å². The molecule has 2 aromatic rings. The molecule has 0 aliphatic heterocycles. The number of rotatable bonds is 8. The molecule has 0 radical (unpaired) electrons. The van der Waals surface area contributed by atoms with Crippen molar-refractivity contribution in [2.24, 2.45) is 0 Å². The van der Waals surface area contributed by atoms with Crippen molar-refractivity contribution >= 4 is 23.0 Å². The van der Waals surface area contributed by atoms with Gasteiger partial charge in [0.1, 0.15) is 0 Å². The molecule has 9 nitrogen and oxygen atoms in total. The standard InChI is InChI=1S/C17H18N4O5/c1-19(14-6-3-2-4-7-14)9-5-8-18-17(22)13-10-15(20(23)24)12-16(11-13)21(25)26/h2-4,6-7,10-12H,5,8-9H2,1H3,(H,18,22). The number of nitro benzene ring substituents is 2. The Kier molecular flexibility index (Phi) is 6.20. The number of para-hydroxylation sites is 1. The zero-order chi connectivity index (χ0) is 19.1. The van der Waals surface area contributed by atoms with E-state index in [0.29, 0.717) is 19.5 Å². The summed E-state index contributed by atoms with van der Waals surface area (Å²) in [6.45, 7) is 1.03. The van der Waals surface area contributed by atoms with Crippen LogP contribution in [0, 0.1) is 20.2 Å². The molecule has 0 saturated carbocycles. The van der Waals surface area contributed by atoms with Crippen LogP contribution in [0.4, 0.5) is 17.1 Å². The van der Waals surface area contributed by atoms with Gasteiger partial charge in [0.2, 0.25) is 0 Å². The highest BCUT2D eigenvalue weighted by Crippen LogP contribution is 2.22. The molecule has 0 bridgehead atoms. The minimum Gasteiger partial charge on any atom is -0.375 e. The summed E-state index contributed by atoms with van der Waals surface area (Å²) in [5.41, 5.74) is -0.0447. The molecule has 2 rings (SSSR count). The minimum atomic E-state index is -0.765. The van der Waals surface area contributed by atoms with Gasteiger partial charge in [0.25, 0.3) is 17.3 Å². The van der Waals surface area contributed by atoms with Gasteiger partial charge in [-0.05, 0) is 18.6 Å². The second kappa shape index (κ2) is 8.56. The van der Waals surface area contributed by atoms with Gasteiger partial charge in [0.15, 0.2) is 0 Å². The van der Waals surface area contributed by atoms with Gasteiger partial charge in [-0.25, -0.2) is 0 Å². The van der Waals surface area contributed by atoms with Gasteiger partial charge in [-0.2, -0.15) is 0 Å². The number of anilines is 1. The lowest BCUT2D eigenvalue weighted by atomic mass is 10.1. The number of nitro groups is 2. The highest BCUT2D eigenvalue weighted by atomic mass is 16.6. The maximum absolute atomic E-state index is 12.1. The van der Waals surface area contributed by atoms with E-state index in [1.807, 2.05) is 42.3 Å². The van der Waals surface area contributed by atoms with Gasteiger partial charge in [0.05, 0.1) is 21.5 Å². The van der Waals surface area contributed by atoms with E-state index >= 15 is 0 Å². The zero-order valence-electron chi connectivity index (χ0n) is 14.1. The molecule has 0 atom stereocenters. The van der Waals surface area contributed by atoms with Gasteiger partial charge in [-0.15, -0.1) is 0 Å². The zero-order valence-corrected chi connectivity index (χ0v) is 14.1. The average Bonchev–Trinajstić information content (AvgIpc) is 2.65. The number of nitrogens with zero attached hydrogens (tertiary/aromatic N) is 3. The Labute approximate surface area is 149 Å². The van der Waals surface area contributed by atoms with Crippen molar-refractivity contribution in [2.75, 3.05) is 25.0 Å². The van der Waals surface area contributed by atoms with E-state index in [1.54, 1.807) is 0 Å². The first-order chi connectivity index (χ1) is 12.4. The summed E-state index contributed by atoms with van der Waals surface area (Å²) in [4.78, 5) is 34.4. The van der Waals surface area contributed by atoms with Crippen LogP contribution in [0.2, 0.25) is 0 Å². The molecule has 9 heteroatoms. The van der Waals surface area contributed by atoms with E-state index in [1.165, 1.54) is 0 Å². The molecule has 0 aromatic heterocycles. The van der Waals surface area contributed by atoms with Crippen molar-refractivity contribution in [1.82, 2.24) is 5.32 Å². The molecule has 136 valence electrons. The molecular weight excluding hydrogens is 340 g/mol. The Morgan fingerprint density at radius 1 is 1.04 bits per heavy atom. The third-order valence-corrected chi connectivity index (χ3v) is 3.74. The smallest absolute Gasteiger partial charge is 0.277 e. The summed E-state index contributed by atoms with van der Waals surface area (Å²) >= 11 is 0. The minimum absolute atomic E-state index is 0.109. The van der Waals surface area contributed by atoms with Crippen molar-refractivity contribution in [3.05, 3.63) is 74.3 Å². The molecular formula is C17H18N4O5. The van der Waals surface area contributed by atoms with Crippen LogP contribution in [0.1, 0.15) is 16.8 Å². The van der Waals surface area contributed by atoms with Crippen molar-refractivity contribution in [3.63, 3.8) is 0 Å². The van der Waals surface area contributed by atoms with Crippen LogP contribution in [0.5, 0.6) is 0 Å². The molecule has 0 aliphatic rings. The predicted octanol–water partition coefficient (Wildman–Crippen LogP) is 2.76. The normalized spacial score (nSPS) is 10.2. The van der Waals surface area contributed by atoms with Crippen molar-refractivity contribution < 1.29 is 14.6 Å². The number of benzene rings is 2. The lowest BCUT2D eigenvalue weighted by molar-refractivity contribution is -0.394. The molecule has 1 amide bonds. The molecule has 26 heavy (non-hydrogen) atoms. The number of hydrogen-bond acceptors (Lipinski definition) is 6. The van der Waals surface area contributed by atoms with Crippen LogP contribution in [-0.2, 0) is 0 Å². The van der Waals surface area contributed by atoms with Crippen LogP contribution < -0.4 is 10.2 Å². The molecule has 0 heterocycles. The maximum Gasteiger partial charge on any atom is 0.277 e. The summed E-state index contributed by atoms with van der Waals surface area (Å²) in [7, 11) is 1.93. The third-order valence-electron chi connectivity index (χ3n) is 3.74. The number of nitrogens with one attached hydrogen (secondary N) is 1. The van der Waals surface area contributed by atoms with E-state index in [9.17, 15) is 25.0 Å². The van der Waals surface area contributed by atoms with Gasteiger partial charge < -0.3 is 10.2 Å². The highest BCUT2D eigenvalue weighted by molar-refractivity contribution is 5.95. The summed E-state index contributed by atoms with van der Waals surface area (Å²) in [6, 6.07) is 12.6. The molecule has 0 fully saturated rings. The van der Waals surface area contributed by atoms with Crippen molar-refractivity contribution in [1.29, 1.82) is 0 Å². The SMILES string of the molecule is CN(CCCNC(=O)c1cc([N+](=O)[O-])cc([N+](=O)[O-])c1)c1ccccc1. The largest absolute Gasteiger partial charge is 0.375 e. The Morgan fingerprint density at radius 2 is 1.62 bits per heavy atom. The first-order valence-electron chi connectivity index (χ1n) is 7.86. The summed E-state index contributed by atoms with van der Waals surface area (Å²) < 4.78 is 0. The Balaban J connectivity index is 1.93. The van der Waals surface area contributed by atoms with Crippen molar-refractivity contribution in [2.45, 2.75) is 6.42 Å². The monoisotopic (exact) mass is 358 g/mol. The van der Waals surface area contributed by atoms with Crippen LogP contribution in [0.15, 0.2) is 48.5 Å². The fourth-order valence-corrected chi connectivity index (χ4v) is 2.37. The predicted molar refractivity (Wildman–Crippen MR) is 96.4 cm³/mol. The number of amides is 1. The molecule has 0 saturated heterocycles. The summed E-state index contributed by atoms with van der Waals surface area (Å²) in [6.07, 6.45) is 0.647. The molecule has 2 aromatic carbocycles. The molecule has 0 unspecified atom stereocenters. The quantitative estimate of drug-likeness (QED) is 0.440. The van der Waals surface area contributed by atoms with E-state index in [2.05, 4.69) is 5.32 Å². The third kappa shape index (κ3) is 5.00. The Bertz CT molecular complexity index is 778. The fourth-order valence-electron chi connectivity index (χ4n) is 2.37.